The van der Waals surface area contributed by atoms with Crippen LogP contribution < -0.4 is 9.64 Å². The van der Waals surface area contributed by atoms with E-state index in [1.807, 2.05) is 29.7 Å². The van der Waals surface area contributed by atoms with Crippen molar-refractivity contribution in [3.63, 3.8) is 0 Å². The summed E-state index contributed by atoms with van der Waals surface area (Å²) < 4.78 is 41.4. The van der Waals surface area contributed by atoms with Gasteiger partial charge >= 0.3 is 0 Å². The average molecular weight is 480 g/mol. The second-order valence-electron chi connectivity index (χ2n) is 8.29. The zero-order chi connectivity index (χ0) is 24.2. The van der Waals surface area contributed by atoms with E-state index in [-0.39, 0.29) is 23.2 Å². The highest BCUT2D eigenvalue weighted by Crippen LogP contribution is 2.37. The van der Waals surface area contributed by atoms with Gasteiger partial charge in [0.1, 0.15) is 10.7 Å². The van der Waals surface area contributed by atoms with Gasteiger partial charge in [-0.25, -0.2) is 23.3 Å². The number of imidazole rings is 1. The molecule has 1 unspecified atom stereocenters. The molecule has 0 fully saturated rings. The molecule has 174 valence electrons. The number of para-hydroxylation sites is 1. The van der Waals surface area contributed by atoms with Crippen LogP contribution in [0.3, 0.4) is 0 Å². The number of hydrogen-bond acceptors (Lipinski definition) is 6. The molecule has 2 atom stereocenters. The van der Waals surface area contributed by atoms with Crippen molar-refractivity contribution in [3.8, 4) is 16.9 Å². The summed E-state index contributed by atoms with van der Waals surface area (Å²) in [6.45, 7) is 3.66. The van der Waals surface area contributed by atoms with Gasteiger partial charge < -0.3 is 9.14 Å². The first-order chi connectivity index (χ1) is 16.1. The molecule has 0 saturated heterocycles. The van der Waals surface area contributed by atoms with Gasteiger partial charge in [0.15, 0.2) is 17.7 Å². The Balaban J connectivity index is 1.57. The lowest BCUT2D eigenvalue weighted by molar-refractivity contribution is -0.125. The molecule has 0 spiro atoms. The van der Waals surface area contributed by atoms with Gasteiger partial charge in [0, 0.05) is 29.8 Å². The Kier molecular flexibility index (Phi) is 5.12. The normalized spacial score (nSPS) is 17.4. The molecule has 0 bridgehead atoms. The molecule has 1 aliphatic rings. The molecular weight excluding hydrogens is 457 g/mol. The molecule has 4 heterocycles. The van der Waals surface area contributed by atoms with E-state index >= 15 is 0 Å². The number of aryl methyl sites for hydroxylation is 1. The van der Waals surface area contributed by atoms with Gasteiger partial charge in [-0.05, 0) is 50.2 Å². The van der Waals surface area contributed by atoms with E-state index in [4.69, 9.17) is 9.52 Å². The van der Waals surface area contributed by atoms with Gasteiger partial charge in [0.05, 0.1) is 33.3 Å². The summed E-state index contributed by atoms with van der Waals surface area (Å²) >= 11 is 0. The summed E-state index contributed by atoms with van der Waals surface area (Å²) in [7, 11) is -2.89. The maximum atomic E-state index is 14.4. The lowest BCUT2D eigenvalue weighted by atomic mass is 10.1. The fourth-order valence-electron chi connectivity index (χ4n) is 4.06. The van der Waals surface area contributed by atoms with E-state index in [2.05, 4.69) is 9.97 Å². The maximum Gasteiger partial charge on any atom is 0.268 e. The number of carbonyl (C=O) groups is 1. The fraction of sp³-hybridized carbons (Fsp3) is 0.208. The number of amides is 1. The Morgan fingerprint density at radius 1 is 1.18 bits per heavy atom. The number of hydrogen-bond donors (Lipinski definition) is 1. The number of pyridine rings is 2. The van der Waals surface area contributed by atoms with Crippen molar-refractivity contribution in [3.05, 3.63) is 72.1 Å². The monoisotopic (exact) mass is 479 g/mol. The van der Waals surface area contributed by atoms with Crippen molar-refractivity contribution in [1.82, 2.24) is 14.4 Å². The summed E-state index contributed by atoms with van der Waals surface area (Å²) in [5.74, 6) is -0.713. The van der Waals surface area contributed by atoms with E-state index in [0.717, 1.165) is 22.5 Å². The highest BCUT2D eigenvalue weighted by atomic mass is 32.2. The predicted molar refractivity (Wildman–Crippen MR) is 126 cm³/mol. The number of fused-ring (bicyclic) bond motifs is 2. The molecule has 5 rings (SSSR count). The van der Waals surface area contributed by atoms with Crippen LogP contribution in [0, 0.1) is 17.5 Å². The van der Waals surface area contributed by atoms with Crippen molar-refractivity contribution in [2.45, 2.75) is 31.5 Å². The van der Waals surface area contributed by atoms with Gasteiger partial charge in [-0.2, -0.15) is 0 Å². The minimum absolute atomic E-state index is 0.0647. The summed E-state index contributed by atoms with van der Waals surface area (Å²) in [6, 6.07) is 11.7. The van der Waals surface area contributed by atoms with Gasteiger partial charge in [-0.1, -0.05) is 6.07 Å². The number of anilines is 1. The second kappa shape index (κ2) is 7.91. The largest absolute Gasteiger partial charge is 0.476 e. The number of rotatable bonds is 4. The standard InChI is InChI=1S/C24H22FN5O3S/c1-14-20(13-30-19-6-4-5-18(25)23(19)33-15(2)24(30)31)29-12-17(7-9-21(29)28-14)16-8-10-22(27-11-16)34(3,26)32/h4-12,15,26H,13H2,1-3H3/t15-,34?/m1/s1. The fourth-order valence-corrected chi connectivity index (χ4v) is 4.64. The Morgan fingerprint density at radius 2 is 1.94 bits per heavy atom. The first kappa shape index (κ1) is 22.0. The molecular formula is C24H22FN5O3S. The number of nitrogens with one attached hydrogen (secondary N) is 1. The highest BCUT2D eigenvalue weighted by Gasteiger charge is 2.34. The van der Waals surface area contributed by atoms with Gasteiger partial charge in [-0.3, -0.25) is 9.69 Å². The highest BCUT2D eigenvalue weighted by molar-refractivity contribution is 7.91. The van der Waals surface area contributed by atoms with Crippen LogP contribution in [0.4, 0.5) is 10.1 Å². The van der Waals surface area contributed by atoms with E-state index in [1.165, 1.54) is 17.2 Å². The van der Waals surface area contributed by atoms with Crippen LogP contribution in [0.15, 0.2) is 59.9 Å². The van der Waals surface area contributed by atoms with Crippen LogP contribution in [-0.4, -0.2) is 36.8 Å². The van der Waals surface area contributed by atoms with Crippen LogP contribution in [-0.2, 0) is 21.1 Å². The molecule has 0 saturated carbocycles. The van der Waals surface area contributed by atoms with Crippen LogP contribution in [0.1, 0.15) is 18.3 Å². The number of ether oxygens (including phenoxy) is 1. The van der Waals surface area contributed by atoms with Crippen molar-refractivity contribution >= 4 is 27.0 Å². The Bertz CT molecular complexity index is 1550. The smallest absolute Gasteiger partial charge is 0.268 e. The third kappa shape index (κ3) is 3.69. The van der Waals surface area contributed by atoms with E-state index in [1.54, 1.807) is 37.4 Å². The Morgan fingerprint density at radius 3 is 2.65 bits per heavy atom. The van der Waals surface area contributed by atoms with Crippen molar-refractivity contribution in [2.75, 3.05) is 11.2 Å². The topological polar surface area (TPSA) is 101 Å². The van der Waals surface area contributed by atoms with Crippen LogP contribution in [0.25, 0.3) is 16.8 Å². The molecule has 34 heavy (non-hydrogen) atoms. The Hall–Kier alpha value is -3.79. The molecule has 10 heteroatoms. The number of aromatic nitrogens is 3. The van der Waals surface area contributed by atoms with Crippen molar-refractivity contribution in [1.29, 1.82) is 4.78 Å². The number of nitrogens with zero attached hydrogens (tertiary/aromatic N) is 4. The minimum atomic E-state index is -2.89. The molecule has 1 aliphatic heterocycles. The Labute approximate surface area is 196 Å². The van der Waals surface area contributed by atoms with Crippen LogP contribution >= 0.6 is 0 Å². The van der Waals surface area contributed by atoms with Crippen molar-refractivity contribution < 1.29 is 18.1 Å². The second-order valence-corrected chi connectivity index (χ2v) is 10.4. The average Bonchev–Trinajstić information content (AvgIpc) is 3.11. The summed E-state index contributed by atoms with van der Waals surface area (Å²) in [4.78, 5) is 23.3. The van der Waals surface area contributed by atoms with Gasteiger partial charge in [-0.15, -0.1) is 0 Å². The first-order valence-corrected chi connectivity index (χ1v) is 12.5. The SMILES string of the molecule is Cc1nc2ccc(-c3ccc(S(C)(=N)=O)nc3)cn2c1CN1C(=O)[C@@H](C)Oc2c(F)cccc21. The molecule has 3 aromatic heterocycles. The van der Waals surface area contributed by atoms with Crippen LogP contribution in [0.5, 0.6) is 5.75 Å². The quantitative estimate of drug-likeness (QED) is 0.473. The third-order valence-corrected chi connectivity index (χ3v) is 6.88. The molecule has 0 radical (unpaired) electrons. The lowest BCUT2D eigenvalue weighted by Crippen LogP contribution is -2.44. The lowest BCUT2D eigenvalue weighted by Gasteiger charge is -2.33. The van der Waals surface area contributed by atoms with Gasteiger partial charge in [0.25, 0.3) is 5.91 Å². The molecule has 8 nitrogen and oxygen atoms in total. The zero-order valence-corrected chi connectivity index (χ0v) is 19.6. The zero-order valence-electron chi connectivity index (χ0n) is 18.8. The summed E-state index contributed by atoms with van der Waals surface area (Å²) in [5, 5.41) is 0.224. The number of halogens is 1. The third-order valence-electron chi connectivity index (χ3n) is 5.84. The maximum absolute atomic E-state index is 14.4. The van der Waals surface area contributed by atoms with E-state index < -0.39 is 21.7 Å². The molecule has 0 aliphatic carbocycles. The number of carbonyl (C=O) groups excluding carboxylic acids is 1. The molecule has 1 aromatic carbocycles. The summed E-state index contributed by atoms with van der Waals surface area (Å²) in [5.41, 5.74) is 4.24. The number of benzene rings is 1. The molecule has 1 amide bonds. The predicted octanol–water partition coefficient (Wildman–Crippen LogP) is 4.19. The van der Waals surface area contributed by atoms with Crippen LogP contribution in [0.2, 0.25) is 0 Å². The van der Waals surface area contributed by atoms with E-state index in [9.17, 15) is 13.4 Å². The van der Waals surface area contributed by atoms with Gasteiger partial charge in [0.2, 0.25) is 0 Å². The van der Waals surface area contributed by atoms with Crippen molar-refractivity contribution in [2.24, 2.45) is 0 Å². The minimum Gasteiger partial charge on any atom is -0.476 e. The molecule has 1 N–H and O–H groups in total. The van der Waals surface area contributed by atoms with E-state index in [0.29, 0.717) is 11.3 Å². The first-order valence-electron chi connectivity index (χ1n) is 10.6. The molecule has 4 aromatic rings. The summed E-state index contributed by atoms with van der Waals surface area (Å²) in [6.07, 6.45) is 4.00.